The molecule has 1 aliphatic carbocycles. The molecule has 5 heteroatoms. The van der Waals surface area contributed by atoms with E-state index in [1.165, 1.54) is 11.9 Å². The van der Waals surface area contributed by atoms with Crippen LogP contribution in [-0.2, 0) is 13.0 Å². The van der Waals surface area contributed by atoms with E-state index in [0.717, 1.165) is 30.7 Å². The largest absolute Gasteiger partial charge is 0.387 e. The van der Waals surface area contributed by atoms with E-state index in [0.29, 0.717) is 6.54 Å². The van der Waals surface area contributed by atoms with Crippen LogP contribution in [0.25, 0.3) is 0 Å². The summed E-state index contributed by atoms with van der Waals surface area (Å²) < 4.78 is 1.76. The highest BCUT2D eigenvalue weighted by Crippen LogP contribution is 2.53. The van der Waals surface area contributed by atoms with E-state index in [4.69, 9.17) is 11.6 Å². The van der Waals surface area contributed by atoms with Gasteiger partial charge in [0.15, 0.2) is 0 Å². The lowest BCUT2D eigenvalue weighted by molar-refractivity contribution is -0.1000. The summed E-state index contributed by atoms with van der Waals surface area (Å²) in [5, 5.41) is 16.6. The minimum atomic E-state index is -0.783. The molecule has 2 aromatic rings. The second-order valence-electron chi connectivity index (χ2n) is 7.00. The number of halogens is 1. The molecule has 0 bridgehead atoms. The quantitative estimate of drug-likeness (QED) is 0.907. The van der Waals surface area contributed by atoms with Gasteiger partial charge in [0.1, 0.15) is 12.7 Å². The smallest absolute Gasteiger partial charge is 0.137 e. The third-order valence-electron chi connectivity index (χ3n) is 5.81. The molecular formula is C18H24ClN3O. The molecule has 0 radical (unpaired) electrons. The normalized spacial score (nSPS) is 30.7. The SMILES string of the molecule is CC[C@]1(C)CCC(Cc2ccc(Cl)cc2)[C@@]1(O)Cn1cncn1. The van der Waals surface area contributed by atoms with Gasteiger partial charge in [0.2, 0.25) is 0 Å². The molecule has 0 saturated heterocycles. The van der Waals surface area contributed by atoms with Gasteiger partial charge in [-0.2, -0.15) is 5.10 Å². The van der Waals surface area contributed by atoms with Crippen LogP contribution in [0.1, 0.15) is 38.7 Å². The highest BCUT2D eigenvalue weighted by atomic mass is 35.5. The van der Waals surface area contributed by atoms with Crippen LogP contribution in [0.3, 0.4) is 0 Å². The molecule has 1 fully saturated rings. The standard InChI is InChI=1S/C18H24ClN3O/c1-3-17(2)9-8-15(10-14-4-6-16(19)7-5-14)18(17,23)11-22-13-20-12-21-22/h4-7,12-13,15,23H,3,8-11H2,1-2H3/t15?,17-,18+/m1/s1. The highest BCUT2D eigenvalue weighted by Gasteiger charge is 2.55. The monoisotopic (exact) mass is 333 g/mol. The fraction of sp³-hybridized carbons (Fsp3) is 0.556. The highest BCUT2D eigenvalue weighted by molar-refractivity contribution is 6.30. The van der Waals surface area contributed by atoms with E-state index in [1.54, 1.807) is 11.0 Å². The zero-order valence-corrected chi connectivity index (χ0v) is 14.5. The Bertz CT molecular complexity index is 643. The van der Waals surface area contributed by atoms with Crippen LogP contribution in [0.15, 0.2) is 36.9 Å². The number of hydrogen-bond donors (Lipinski definition) is 1. The molecule has 3 atom stereocenters. The maximum absolute atomic E-state index is 11.6. The van der Waals surface area contributed by atoms with Crippen molar-refractivity contribution in [3.05, 3.63) is 47.5 Å². The first-order valence-corrected chi connectivity index (χ1v) is 8.64. The van der Waals surface area contributed by atoms with Crippen molar-refractivity contribution in [3.8, 4) is 0 Å². The van der Waals surface area contributed by atoms with Gasteiger partial charge in [0.25, 0.3) is 0 Å². The van der Waals surface area contributed by atoms with Gasteiger partial charge >= 0.3 is 0 Å². The second kappa shape index (κ2) is 6.25. The lowest BCUT2D eigenvalue weighted by atomic mass is 9.70. The molecule has 124 valence electrons. The zero-order valence-electron chi connectivity index (χ0n) is 13.7. The summed E-state index contributed by atoms with van der Waals surface area (Å²) in [6.45, 7) is 4.86. The lowest BCUT2D eigenvalue weighted by Gasteiger charge is -2.42. The van der Waals surface area contributed by atoms with E-state index >= 15 is 0 Å². The van der Waals surface area contributed by atoms with Gasteiger partial charge in [-0.25, -0.2) is 4.98 Å². The average molecular weight is 334 g/mol. The van der Waals surface area contributed by atoms with E-state index in [-0.39, 0.29) is 11.3 Å². The Morgan fingerprint density at radius 3 is 2.70 bits per heavy atom. The molecule has 1 aromatic heterocycles. The number of hydrogen-bond acceptors (Lipinski definition) is 3. The second-order valence-corrected chi connectivity index (χ2v) is 7.43. The number of nitrogens with zero attached hydrogens (tertiary/aromatic N) is 3. The maximum atomic E-state index is 11.6. The Hall–Kier alpha value is -1.39. The molecule has 1 heterocycles. The number of aliphatic hydroxyl groups is 1. The summed E-state index contributed by atoms with van der Waals surface area (Å²) in [7, 11) is 0. The van der Waals surface area contributed by atoms with Gasteiger partial charge in [0, 0.05) is 5.02 Å². The van der Waals surface area contributed by atoms with Crippen LogP contribution in [0.4, 0.5) is 0 Å². The Morgan fingerprint density at radius 1 is 1.35 bits per heavy atom. The molecule has 0 spiro atoms. The molecule has 0 amide bonds. The van der Waals surface area contributed by atoms with Gasteiger partial charge in [-0.1, -0.05) is 37.6 Å². The van der Waals surface area contributed by atoms with E-state index < -0.39 is 5.60 Å². The molecule has 0 aliphatic heterocycles. The number of benzene rings is 1. The third kappa shape index (κ3) is 3.02. The third-order valence-corrected chi connectivity index (χ3v) is 6.06. The van der Waals surface area contributed by atoms with Crippen molar-refractivity contribution >= 4 is 11.6 Å². The van der Waals surface area contributed by atoms with Crippen molar-refractivity contribution in [2.45, 2.75) is 51.7 Å². The van der Waals surface area contributed by atoms with Gasteiger partial charge in [-0.15, -0.1) is 0 Å². The maximum Gasteiger partial charge on any atom is 0.137 e. The Kier molecular flexibility index (Phi) is 4.47. The predicted molar refractivity (Wildman–Crippen MR) is 91.2 cm³/mol. The molecule has 3 rings (SSSR count). The fourth-order valence-corrected chi connectivity index (χ4v) is 4.11. The molecular weight excluding hydrogens is 310 g/mol. The molecule has 4 nitrogen and oxygen atoms in total. The van der Waals surface area contributed by atoms with Crippen molar-refractivity contribution in [1.29, 1.82) is 0 Å². The lowest BCUT2D eigenvalue weighted by Crippen LogP contribution is -2.50. The minimum absolute atomic E-state index is 0.101. The van der Waals surface area contributed by atoms with Gasteiger partial charge < -0.3 is 5.11 Å². The Morgan fingerprint density at radius 2 is 2.09 bits per heavy atom. The van der Waals surface area contributed by atoms with Crippen LogP contribution in [-0.4, -0.2) is 25.5 Å². The van der Waals surface area contributed by atoms with Crippen molar-refractivity contribution in [3.63, 3.8) is 0 Å². The fourth-order valence-electron chi connectivity index (χ4n) is 3.98. The van der Waals surface area contributed by atoms with Gasteiger partial charge in [0.05, 0.1) is 12.1 Å². The summed E-state index contributed by atoms with van der Waals surface area (Å²) >= 11 is 5.98. The number of aromatic nitrogens is 3. The van der Waals surface area contributed by atoms with Gasteiger partial charge in [-0.3, -0.25) is 4.68 Å². The molecule has 1 aliphatic rings. The summed E-state index contributed by atoms with van der Waals surface area (Å²) in [6, 6.07) is 7.95. The molecule has 1 unspecified atom stereocenters. The summed E-state index contributed by atoms with van der Waals surface area (Å²) in [5.41, 5.74) is 0.335. The van der Waals surface area contributed by atoms with E-state index in [2.05, 4.69) is 36.1 Å². The predicted octanol–water partition coefficient (Wildman–Crippen LogP) is 3.73. The summed E-state index contributed by atoms with van der Waals surface area (Å²) in [4.78, 5) is 4.01. The first kappa shape index (κ1) is 16.5. The molecule has 23 heavy (non-hydrogen) atoms. The first-order valence-electron chi connectivity index (χ1n) is 8.26. The summed E-state index contributed by atoms with van der Waals surface area (Å²) in [5.74, 6) is 0.206. The Balaban J connectivity index is 1.87. The topological polar surface area (TPSA) is 50.9 Å². The van der Waals surface area contributed by atoms with Crippen molar-refractivity contribution in [1.82, 2.24) is 14.8 Å². The zero-order chi connectivity index (χ0) is 16.5. The van der Waals surface area contributed by atoms with Crippen LogP contribution in [0, 0.1) is 11.3 Å². The Labute approximate surface area is 142 Å². The number of rotatable bonds is 5. The molecule has 1 N–H and O–H groups in total. The molecule has 1 aromatic carbocycles. The minimum Gasteiger partial charge on any atom is -0.387 e. The van der Waals surface area contributed by atoms with Crippen LogP contribution in [0.2, 0.25) is 5.02 Å². The van der Waals surface area contributed by atoms with Crippen molar-refractivity contribution in [2.24, 2.45) is 11.3 Å². The van der Waals surface area contributed by atoms with Crippen LogP contribution in [0.5, 0.6) is 0 Å². The van der Waals surface area contributed by atoms with Crippen molar-refractivity contribution in [2.75, 3.05) is 0 Å². The molecule has 1 saturated carbocycles. The first-order chi connectivity index (χ1) is 11.0. The average Bonchev–Trinajstić information content (AvgIpc) is 3.12. The van der Waals surface area contributed by atoms with E-state index in [9.17, 15) is 5.11 Å². The van der Waals surface area contributed by atoms with Crippen molar-refractivity contribution < 1.29 is 5.11 Å². The summed E-state index contributed by atoms with van der Waals surface area (Å²) in [6.07, 6.45) is 7.08. The van der Waals surface area contributed by atoms with Gasteiger partial charge in [-0.05, 0) is 54.7 Å². The van der Waals surface area contributed by atoms with Crippen LogP contribution < -0.4 is 0 Å². The van der Waals surface area contributed by atoms with E-state index in [1.807, 2.05) is 12.1 Å². The van der Waals surface area contributed by atoms with Crippen LogP contribution >= 0.6 is 11.6 Å².